The number of benzene rings is 2. The Morgan fingerprint density at radius 2 is 1.71 bits per heavy atom. The molecular formula is C17H21N3O3S. The molecule has 0 fully saturated rings. The van der Waals surface area contributed by atoms with Crippen molar-refractivity contribution in [2.45, 2.75) is 13.1 Å². The van der Waals surface area contributed by atoms with Crippen LogP contribution in [-0.4, -0.2) is 32.7 Å². The fourth-order valence-corrected chi connectivity index (χ4v) is 2.76. The van der Waals surface area contributed by atoms with E-state index >= 15 is 0 Å². The summed E-state index contributed by atoms with van der Waals surface area (Å²) in [5, 5.41) is 2.82. The van der Waals surface area contributed by atoms with Crippen molar-refractivity contribution in [1.29, 1.82) is 0 Å². The minimum Gasteiger partial charge on any atom is -0.334 e. The lowest BCUT2D eigenvalue weighted by Gasteiger charge is -2.18. The van der Waals surface area contributed by atoms with Crippen molar-refractivity contribution in [3.8, 4) is 0 Å². The van der Waals surface area contributed by atoms with E-state index in [0.29, 0.717) is 18.8 Å². The average molecular weight is 347 g/mol. The molecule has 0 heterocycles. The molecule has 0 saturated heterocycles. The Balaban J connectivity index is 1.90. The molecular weight excluding hydrogens is 326 g/mol. The Hall–Kier alpha value is -2.54. The molecule has 0 aliphatic heterocycles. The molecule has 0 aliphatic rings. The standard InChI is InChI=1S/C17H21N3O3S/c1-20(13-14-7-4-3-5-8-14)17(21)18-12-15-9-6-10-16(11-15)19-24(2,22)23/h3-11,19H,12-13H2,1-2H3,(H,18,21). The third-order valence-electron chi connectivity index (χ3n) is 3.28. The van der Waals surface area contributed by atoms with E-state index in [-0.39, 0.29) is 6.03 Å². The number of rotatable bonds is 6. The Morgan fingerprint density at radius 3 is 2.38 bits per heavy atom. The highest BCUT2D eigenvalue weighted by Gasteiger charge is 2.09. The summed E-state index contributed by atoms with van der Waals surface area (Å²) >= 11 is 0. The van der Waals surface area contributed by atoms with Crippen molar-refractivity contribution >= 4 is 21.7 Å². The first-order valence-electron chi connectivity index (χ1n) is 7.43. The molecule has 7 heteroatoms. The number of nitrogens with one attached hydrogen (secondary N) is 2. The first-order chi connectivity index (χ1) is 11.3. The van der Waals surface area contributed by atoms with Crippen molar-refractivity contribution in [2.75, 3.05) is 18.0 Å². The van der Waals surface area contributed by atoms with Gasteiger partial charge in [0.05, 0.1) is 6.26 Å². The van der Waals surface area contributed by atoms with Crippen LogP contribution in [0.5, 0.6) is 0 Å². The number of nitrogens with zero attached hydrogens (tertiary/aromatic N) is 1. The van der Waals surface area contributed by atoms with Crippen LogP contribution in [0.4, 0.5) is 10.5 Å². The lowest BCUT2D eigenvalue weighted by molar-refractivity contribution is 0.206. The Morgan fingerprint density at radius 1 is 1.04 bits per heavy atom. The summed E-state index contributed by atoms with van der Waals surface area (Å²) in [6.45, 7) is 0.833. The van der Waals surface area contributed by atoms with Crippen molar-refractivity contribution in [2.24, 2.45) is 0 Å². The smallest absolute Gasteiger partial charge is 0.317 e. The van der Waals surface area contributed by atoms with Gasteiger partial charge in [0.1, 0.15) is 0 Å². The molecule has 0 atom stereocenters. The van der Waals surface area contributed by atoms with Crippen LogP contribution in [0.3, 0.4) is 0 Å². The zero-order valence-electron chi connectivity index (χ0n) is 13.7. The van der Waals surface area contributed by atoms with Gasteiger partial charge in [-0.3, -0.25) is 4.72 Å². The van der Waals surface area contributed by atoms with Crippen LogP contribution in [0.15, 0.2) is 54.6 Å². The fourth-order valence-electron chi connectivity index (χ4n) is 2.20. The van der Waals surface area contributed by atoms with E-state index < -0.39 is 10.0 Å². The second-order valence-electron chi connectivity index (χ2n) is 5.57. The molecule has 2 rings (SSSR count). The third kappa shape index (κ3) is 5.92. The van der Waals surface area contributed by atoms with Gasteiger partial charge < -0.3 is 10.2 Å². The minimum atomic E-state index is -3.32. The number of urea groups is 1. The number of anilines is 1. The van der Waals surface area contributed by atoms with E-state index in [4.69, 9.17) is 0 Å². The van der Waals surface area contributed by atoms with Crippen molar-refractivity contribution in [1.82, 2.24) is 10.2 Å². The summed E-state index contributed by atoms with van der Waals surface area (Å²) in [7, 11) is -1.59. The summed E-state index contributed by atoms with van der Waals surface area (Å²) in [5.74, 6) is 0. The number of amides is 2. The second-order valence-corrected chi connectivity index (χ2v) is 7.32. The quantitative estimate of drug-likeness (QED) is 0.842. The van der Waals surface area contributed by atoms with E-state index in [1.54, 1.807) is 30.1 Å². The predicted octanol–water partition coefficient (Wildman–Crippen LogP) is 2.40. The van der Waals surface area contributed by atoms with Gasteiger partial charge in [-0.25, -0.2) is 13.2 Å². The predicted molar refractivity (Wildman–Crippen MR) is 95.1 cm³/mol. The maximum absolute atomic E-state index is 12.1. The molecule has 2 aromatic carbocycles. The summed E-state index contributed by atoms with van der Waals surface area (Å²) in [6.07, 6.45) is 1.10. The number of carbonyl (C=O) groups is 1. The van der Waals surface area contributed by atoms with Crippen molar-refractivity contribution < 1.29 is 13.2 Å². The number of hydrogen-bond donors (Lipinski definition) is 2. The Kier molecular flexibility index (Phi) is 5.81. The van der Waals surface area contributed by atoms with Crippen molar-refractivity contribution in [3.05, 3.63) is 65.7 Å². The maximum atomic E-state index is 12.1. The van der Waals surface area contributed by atoms with Gasteiger partial charge >= 0.3 is 6.03 Å². The molecule has 2 N–H and O–H groups in total. The number of sulfonamides is 1. The fraction of sp³-hybridized carbons (Fsp3) is 0.235. The first-order valence-corrected chi connectivity index (χ1v) is 9.32. The van der Waals surface area contributed by atoms with E-state index in [1.165, 1.54) is 0 Å². The molecule has 2 aromatic rings. The molecule has 0 radical (unpaired) electrons. The summed E-state index contributed by atoms with van der Waals surface area (Å²) in [6, 6.07) is 16.4. The number of hydrogen-bond acceptors (Lipinski definition) is 3. The van der Waals surface area contributed by atoms with Gasteiger partial charge in [0.25, 0.3) is 0 Å². The van der Waals surface area contributed by atoms with Gasteiger partial charge in [0, 0.05) is 25.8 Å². The highest BCUT2D eigenvalue weighted by Crippen LogP contribution is 2.12. The Bertz CT molecular complexity index is 792. The third-order valence-corrected chi connectivity index (χ3v) is 3.89. The van der Waals surface area contributed by atoms with Gasteiger partial charge in [-0.1, -0.05) is 42.5 Å². The highest BCUT2D eigenvalue weighted by atomic mass is 32.2. The van der Waals surface area contributed by atoms with Crippen LogP contribution in [0.25, 0.3) is 0 Å². The zero-order chi connectivity index (χ0) is 17.6. The van der Waals surface area contributed by atoms with Crippen LogP contribution in [0.1, 0.15) is 11.1 Å². The Labute approximate surface area is 142 Å². The van der Waals surface area contributed by atoms with Gasteiger partial charge in [-0.15, -0.1) is 0 Å². The van der Waals surface area contributed by atoms with Gasteiger partial charge in [-0.05, 0) is 23.3 Å². The normalized spacial score (nSPS) is 10.9. The average Bonchev–Trinajstić information content (AvgIpc) is 2.52. The highest BCUT2D eigenvalue weighted by molar-refractivity contribution is 7.92. The number of carbonyl (C=O) groups excluding carboxylic acids is 1. The van der Waals surface area contributed by atoms with Crippen LogP contribution in [0.2, 0.25) is 0 Å². The zero-order valence-corrected chi connectivity index (χ0v) is 14.5. The molecule has 0 aromatic heterocycles. The van der Waals surface area contributed by atoms with Gasteiger partial charge in [-0.2, -0.15) is 0 Å². The maximum Gasteiger partial charge on any atom is 0.317 e. The van der Waals surface area contributed by atoms with E-state index in [9.17, 15) is 13.2 Å². The second kappa shape index (κ2) is 7.83. The molecule has 0 aliphatic carbocycles. The summed E-state index contributed by atoms with van der Waals surface area (Å²) in [5.41, 5.74) is 2.33. The van der Waals surface area contributed by atoms with Crippen molar-refractivity contribution in [3.63, 3.8) is 0 Å². The molecule has 6 nitrogen and oxygen atoms in total. The molecule has 0 saturated carbocycles. The largest absolute Gasteiger partial charge is 0.334 e. The van der Waals surface area contributed by atoms with Crippen LogP contribution < -0.4 is 10.0 Å². The minimum absolute atomic E-state index is 0.194. The topological polar surface area (TPSA) is 78.5 Å². The molecule has 0 unspecified atom stereocenters. The van der Waals surface area contributed by atoms with Crippen LogP contribution in [0, 0.1) is 0 Å². The summed E-state index contributed by atoms with van der Waals surface area (Å²) in [4.78, 5) is 13.7. The summed E-state index contributed by atoms with van der Waals surface area (Å²) < 4.78 is 24.9. The molecule has 2 amide bonds. The molecule has 0 spiro atoms. The lowest BCUT2D eigenvalue weighted by atomic mass is 10.2. The lowest BCUT2D eigenvalue weighted by Crippen LogP contribution is -2.36. The van der Waals surface area contributed by atoms with Crippen LogP contribution in [-0.2, 0) is 23.1 Å². The molecule has 0 bridgehead atoms. The SMILES string of the molecule is CN(Cc1ccccc1)C(=O)NCc1cccc(NS(C)(=O)=O)c1. The van der Waals surface area contributed by atoms with E-state index in [1.807, 2.05) is 36.4 Å². The molecule has 24 heavy (non-hydrogen) atoms. The van der Waals surface area contributed by atoms with Gasteiger partial charge in [0.15, 0.2) is 0 Å². The molecule has 128 valence electrons. The van der Waals surface area contributed by atoms with Crippen LogP contribution >= 0.6 is 0 Å². The van der Waals surface area contributed by atoms with E-state index in [0.717, 1.165) is 17.4 Å². The van der Waals surface area contributed by atoms with Gasteiger partial charge in [0.2, 0.25) is 10.0 Å². The first kappa shape index (κ1) is 17.8. The monoisotopic (exact) mass is 347 g/mol. The van der Waals surface area contributed by atoms with E-state index in [2.05, 4.69) is 10.0 Å².